The summed E-state index contributed by atoms with van der Waals surface area (Å²) in [5.41, 5.74) is 0.991. The second-order valence-corrected chi connectivity index (χ2v) is 2.41. The van der Waals surface area contributed by atoms with E-state index in [9.17, 15) is 0 Å². The molecule has 1 heterocycles. The minimum Gasteiger partial charge on any atom is -0.385 e. The molecule has 0 atom stereocenters. The van der Waals surface area contributed by atoms with E-state index in [1.807, 2.05) is 32.1 Å². The van der Waals surface area contributed by atoms with Crippen LogP contribution in [0.5, 0.6) is 0 Å². The number of aromatic nitrogens is 2. The van der Waals surface area contributed by atoms with Crippen LogP contribution in [-0.4, -0.2) is 31.3 Å². The van der Waals surface area contributed by atoms with Gasteiger partial charge >= 0.3 is 0 Å². The lowest BCUT2D eigenvalue weighted by atomic mass is 10.4. The molecule has 11 heavy (non-hydrogen) atoms. The second kappa shape index (κ2) is 3.18. The number of rotatable bonds is 2. The lowest BCUT2D eigenvalue weighted by molar-refractivity contribution is 0.965. The van der Waals surface area contributed by atoms with Gasteiger partial charge < -0.3 is 10.2 Å². The molecule has 1 N–H and O–H groups in total. The summed E-state index contributed by atoms with van der Waals surface area (Å²) in [5.74, 6) is 0.856. The third-order valence-electron chi connectivity index (χ3n) is 1.39. The van der Waals surface area contributed by atoms with Gasteiger partial charge in [-0.25, -0.2) is 0 Å². The van der Waals surface area contributed by atoms with Gasteiger partial charge in [0.1, 0.15) is 0 Å². The van der Waals surface area contributed by atoms with E-state index < -0.39 is 0 Å². The standard InChI is InChI=1S/C7H12N4/c1-8-6-4-5-9-10-7(6)11(2)3/h4-5H,1-3H3,(H,8,9). The first-order valence-corrected chi connectivity index (χ1v) is 3.42. The Labute approximate surface area is 66.2 Å². The topological polar surface area (TPSA) is 41.1 Å². The van der Waals surface area contributed by atoms with Crippen molar-refractivity contribution in [3.8, 4) is 0 Å². The number of hydrogen-bond acceptors (Lipinski definition) is 4. The molecule has 0 aromatic carbocycles. The van der Waals surface area contributed by atoms with Crippen molar-refractivity contribution in [1.82, 2.24) is 10.2 Å². The van der Waals surface area contributed by atoms with Crippen molar-refractivity contribution in [3.05, 3.63) is 12.3 Å². The summed E-state index contributed by atoms with van der Waals surface area (Å²) >= 11 is 0. The van der Waals surface area contributed by atoms with Gasteiger partial charge in [0.15, 0.2) is 5.82 Å². The number of nitrogens with zero attached hydrogens (tertiary/aromatic N) is 3. The summed E-state index contributed by atoms with van der Waals surface area (Å²) < 4.78 is 0. The Hall–Kier alpha value is -1.32. The van der Waals surface area contributed by atoms with E-state index in [4.69, 9.17) is 0 Å². The Kier molecular flexibility index (Phi) is 2.25. The number of nitrogens with one attached hydrogen (secondary N) is 1. The molecule has 0 saturated heterocycles. The summed E-state index contributed by atoms with van der Waals surface area (Å²) in [7, 11) is 5.74. The van der Waals surface area contributed by atoms with Crippen LogP contribution in [0.25, 0.3) is 0 Å². The molecule has 4 nitrogen and oxygen atoms in total. The maximum Gasteiger partial charge on any atom is 0.174 e. The van der Waals surface area contributed by atoms with Gasteiger partial charge in [-0.1, -0.05) is 0 Å². The van der Waals surface area contributed by atoms with E-state index in [1.54, 1.807) is 6.20 Å². The predicted octanol–water partition coefficient (Wildman–Crippen LogP) is 0.584. The summed E-state index contributed by atoms with van der Waals surface area (Å²) in [6.07, 6.45) is 1.67. The SMILES string of the molecule is CNc1ccnnc1N(C)C. The van der Waals surface area contributed by atoms with Gasteiger partial charge in [0.25, 0.3) is 0 Å². The van der Waals surface area contributed by atoms with Gasteiger partial charge in [0.2, 0.25) is 0 Å². The molecule has 60 valence electrons. The van der Waals surface area contributed by atoms with Crippen LogP contribution in [0.4, 0.5) is 11.5 Å². The largest absolute Gasteiger partial charge is 0.385 e. The molecule has 0 aliphatic carbocycles. The van der Waals surface area contributed by atoms with Crippen LogP contribution >= 0.6 is 0 Å². The highest BCUT2D eigenvalue weighted by Gasteiger charge is 2.02. The molecule has 0 fully saturated rings. The van der Waals surface area contributed by atoms with E-state index in [2.05, 4.69) is 15.5 Å². The molecular formula is C7H12N4. The fraction of sp³-hybridized carbons (Fsp3) is 0.429. The first kappa shape index (κ1) is 7.78. The molecule has 1 aromatic heterocycles. The van der Waals surface area contributed by atoms with Crippen LogP contribution in [0, 0.1) is 0 Å². The molecule has 0 spiro atoms. The summed E-state index contributed by atoms with van der Waals surface area (Å²) in [4.78, 5) is 1.92. The quantitative estimate of drug-likeness (QED) is 0.673. The van der Waals surface area contributed by atoms with Gasteiger partial charge in [-0.05, 0) is 6.07 Å². The molecule has 0 amide bonds. The summed E-state index contributed by atoms with van der Waals surface area (Å²) in [6, 6.07) is 1.89. The number of hydrogen-bond donors (Lipinski definition) is 1. The minimum atomic E-state index is 0.856. The Morgan fingerprint density at radius 1 is 1.45 bits per heavy atom. The van der Waals surface area contributed by atoms with E-state index in [0.717, 1.165) is 11.5 Å². The lowest BCUT2D eigenvalue weighted by Gasteiger charge is -2.13. The molecule has 1 rings (SSSR count). The molecular weight excluding hydrogens is 140 g/mol. The van der Waals surface area contributed by atoms with Crippen molar-refractivity contribution < 1.29 is 0 Å². The normalized spacial score (nSPS) is 9.36. The van der Waals surface area contributed by atoms with Gasteiger partial charge in [0, 0.05) is 21.1 Å². The molecule has 0 aliphatic rings. The molecule has 0 unspecified atom stereocenters. The summed E-state index contributed by atoms with van der Waals surface area (Å²) in [6.45, 7) is 0. The first-order valence-electron chi connectivity index (χ1n) is 3.42. The Morgan fingerprint density at radius 2 is 2.18 bits per heavy atom. The first-order chi connectivity index (χ1) is 5.25. The smallest absolute Gasteiger partial charge is 0.174 e. The molecule has 0 aliphatic heterocycles. The van der Waals surface area contributed by atoms with Crippen LogP contribution < -0.4 is 10.2 Å². The fourth-order valence-electron chi connectivity index (χ4n) is 0.850. The fourth-order valence-corrected chi connectivity index (χ4v) is 0.850. The van der Waals surface area contributed by atoms with Gasteiger partial charge in [-0.15, -0.1) is 5.10 Å². The molecule has 4 heteroatoms. The molecule has 0 saturated carbocycles. The minimum absolute atomic E-state index is 0.856. The highest BCUT2D eigenvalue weighted by atomic mass is 15.2. The van der Waals surface area contributed by atoms with Gasteiger partial charge in [-0.3, -0.25) is 0 Å². The van der Waals surface area contributed by atoms with Crippen molar-refractivity contribution in [1.29, 1.82) is 0 Å². The maximum atomic E-state index is 3.96. The van der Waals surface area contributed by atoms with Crippen LogP contribution in [0.2, 0.25) is 0 Å². The third kappa shape index (κ3) is 1.58. The Balaban J connectivity index is 3.02. The van der Waals surface area contributed by atoms with Crippen molar-refractivity contribution in [2.45, 2.75) is 0 Å². The van der Waals surface area contributed by atoms with Crippen molar-refractivity contribution >= 4 is 11.5 Å². The van der Waals surface area contributed by atoms with E-state index >= 15 is 0 Å². The molecule has 0 bridgehead atoms. The van der Waals surface area contributed by atoms with Crippen molar-refractivity contribution in [2.75, 3.05) is 31.4 Å². The van der Waals surface area contributed by atoms with Crippen molar-refractivity contribution in [2.24, 2.45) is 0 Å². The van der Waals surface area contributed by atoms with Crippen LogP contribution in [-0.2, 0) is 0 Å². The zero-order chi connectivity index (χ0) is 8.27. The third-order valence-corrected chi connectivity index (χ3v) is 1.39. The van der Waals surface area contributed by atoms with Crippen LogP contribution in [0.15, 0.2) is 12.3 Å². The zero-order valence-electron chi connectivity index (χ0n) is 7.00. The highest BCUT2D eigenvalue weighted by molar-refractivity contribution is 5.63. The highest BCUT2D eigenvalue weighted by Crippen LogP contribution is 2.17. The van der Waals surface area contributed by atoms with Crippen LogP contribution in [0.1, 0.15) is 0 Å². The average molecular weight is 152 g/mol. The van der Waals surface area contributed by atoms with Crippen molar-refractivity contribution in [3.63, 3.8) is 0 Å². The monoisotopic (exact) mass is 152 g/mol. The van der Waals surface area contributed by atoms with E-state index in [0.29, 0.717) is 0 Å². The van der Waals surface area contributed by atoms with Gasteiger partial charge in [-0.2, -0.15) is 5.10 Å². The average Bonchev–Trinajstić information content (AvgIpc) is 2.04. The van der Waals surface area contributed by atoms with Gasteiger partial charge in [0.05, 0.1) is 11.9 Å². The Morgan fingerprint density at radius 3 is 2.64 bits per heavy atom. The Bertz CT molecular complexity index is 234. The van der Waals surface area contributed by atoms with E-state index in [-0.39, 0.29) is 0 Å². The summed E-state index contributed by atoms with van der Waals surface area (Å²) in [5, 5.41) is 10.8. The second-order valence-electron chi connectivity index (χ2n) is 2.41. The molecule has 1 aromatic rings. The zero-order valence-corrected chi connectivity index (χ0v) is 7.00. The predicted molar refractivity (Wildman–Crippen MR) is 45.9 cm³/mol. The molecule has 0 radical (unpaired) electrons. The number of anilines is 2. The lowest BCUT2D eigenvalue weighted by Crippen LogP contribution is -2.13. The maximum absolute atomic E-state index is 3.96. The van der Waals surface area contributed by atoms with E-state index in [1.165, 1.54) is 0 Å². The van der Waals surface area contributed by atoms with Crippen LogP contribution in [0.3, 0.4) is 0 Å².